The second kappa shape index (κ2) is 10.2. The highest BCUT2D eigenvalue weighted by molar-refractivity contribution is 14.0. The van der Waals surface area contributed by atoms with E-state index in [1.807, 2.05) is 6.92 Å². The molecule has 2 aromatic rings. The number of aryl methyl sites for hydroxylation is 3. The molecule has 0 atom stereocenters. The third kappa shape index (κ3) is 6.72. The van der Waals surface area contributed by atoms with Gasteiger partial charge in [0.1, 0.15) is 0 Å². The molecule has 2 N–H and O–H groups in total. The standard InChI is InChI=1S/C15H23N5S2.HI/c1-10-14(22-12(3)19-10)6-8-18-15(16-4)17-7-5-13-9-21-11(2)20-13;/h9H,5-8H2,1-4H3,(H2,16,17,18);1H. The zero-order valence-corrected chi connectivity index (χ0v) is 17.9. The van der Waals surface area contributed by atoms with E-state index in [0.29, 0.717) is 0 Å². The summed E-state index contributed by atoms with van der Waals surface area (Å²) in [5.41, 5.74) is 2.28. The van der Waals surface area contributed by atoms with Gasteiger partial charge in [0.15, 0.2) is 5.96 Å². The molecule has 2 heterocycles. The van der Waals surface area contributed by atoms with Gasteiger partial charge in [0.05, 0.1) is 21.4 Å². The fourth-order valence-corrected chi connectivity index (χ4v) is 3.74. The molecule has 128 valence electrons. The molecule has 0 aliphatic rings. The van der Waals surface area contributed by atoms with Crippen molar-refractivity contribution in [2.75, 3.05) is 20.1 Å². The summed E-state index contributed by atoms with van der Waals surface area (Å²) in [5.74, 6) is 0.839. The fourth-order valence-electron chi connectivity index (χ4n) is 2.15. The molecule has 2 rings (SSSR count). The van der Waals surface area contributed by atoms with Crippen LogP contribution in [0, 0.1) is 20.8 Å². The van der Waals surface area contributed by atoms with Crippen molar-refractivity contribution in [1.82, 2.24) is 20.6 Å². The van der Waals surface area contributed by atoms with Crippen molar-refractivity contribution in [3.05, 3.63) is 31.7 Å². The van der Waals surface area contributed by atoms with Crippen LogP contribution in [0.3, 0.4) is 0 Å². The number of rotatable bonds is 6. The Morgan fingerprint density at radius 3 is 2.30 bits per heavy atom. The number of nitrogens with one attached hydrogen (secondary N) is 2. The molecule has 5 nitrogen and oxygen atoms in total. The van der Waals surface area contributed by atoms with E-state index in [0.717, 1.165) is 53.3 Å². The van der Waals surface area contributed by atoms with Crippen LogP contribution < -0.4 is 10.6 Å². The summed E-state index contributed by atoms with van der Waals surface area (Å²) in [7, 11) is 1.80. The van der Waals surface area contributed by atoms with Gasteiger partial charge in [0.2, 0.25) is 0 Å². The second-order valence-electron chi connectivity index (χ2n) is 5.03. The highest BCUT2D eigenvalue weighted by Gasteiger charge is 2.05. The SMILES string of the molecule is CN=C(NCCc1csc(C)n1)NCCc1sc(C)nc1C.I. The third-order valence-corrected chi connectivity index (χ3v) is 5.16. The zero-order chi connectivity index (χ0) is 15.9. The summed E-state index contributed by atoms with van der Waals surface area (Å²) in [6, 6.07) is 0. The highest BCUT2D eigenvalue weighted by Crippen LogP contribution is 2.16. The van der Waals surface area contributed by atoms with Crippen molar-refractivity contribution in [3.8, 4) is 0 Å². The molecule has 0 spiro atoms. The Morgan fingerprint density at radius 2 is 1.78 bits per heavy atom. The minimum Gasteiger partial charge on any atom is -0.356 e. The number of guanidine groups is 1. The normalized spacial score (nSPS) is 11.2. The zero-order valence-electron chi connectivity index (χ0n) is 14.0. The maximum atomic E-state index is 4.46. The minimum absolute atomic E-state index is 0. The Labute approximate surface area is 163 Å². The van der Waals surface area contributed by atoms with Crippen molar-refractivity contribution < 1.29 is 0 Å². The average Bonchev–Trinajstić information content (AvgIpc) is 3.03. The number of halogens is 1. The van der Waals surface area contributed by atoms with E-state index >= 15 is 0 Å². The summed E-state index contributed by atoms with van der Waals surface area (Å²) in [5, 5.41) is 11.0. The average molecular weight is 465 g/mol. The van der Waals surface area contributed by atoms with Crippen LogP contribution in [-0.2, 0) is 12.8 Å². The molecule has 0 amide bonds. The first-order valence-electron chi connectivity index (χ1n) is 7.37. The van der Waals surface area contributed by atoms with E-state index in [1.165, 1.54) is 4.88 Å². The lowest BCUT2D eigenvalue weighted by Gasteiger charge is -2.11. The molecule has 0 bridgehead atoms. The summed E-state index contributed by atoms with van der Waals surface area (Å²) in [6.45, 7) is 7.85. The van der Waals surface area contributed by atoms with Crippen molar-refractivity contribution in [2.24, 2.45) is 4.99 Å². The lowest BCUT2D eigenvalue weighted by molar-refractivity contribution is 0.778. The van der Waals surface area contributed by atoms with Crippen LogP contribution in [0.15, 0.2) is 10.4 Å². The van der Waals surface area contributed by atoms with Gasteiger partial charge in [-0.05, 0) is 20.8 Å². The molecular weight excluding hydrogens is 441 g/mol. The molecule has 0 aliphatic heterocycles. The molecule has 0 aliphatic carbocycles. The summed E-state index contributed by atoms with van der Waals surface area (Å²) in [6.07, 6.45) is 1.89. The molecule has 2 aromatic heterocycles. The van der Waals surface area contributed by atoms with E-state index in [4.69, 9.17) is 0 Å². The number of thiazole rings is 2. The van der Waals surface area contributed by atoms with E-state index in [9.17, 15) is 0 Å². The van der Waals surface area contributed by atoms with Crippen molar-refractivity contribution in [1.29, 1.82) is 0 Å². The topological polar surface area (TPSA) is 62.2 Å². The number of aromatic nitrogens is 2. The summed E-state index contributed by atoms with van der Waals surface area (Å²) in [4.78, 5) is 14.5. The molecule has 8 heteroatoms. The molecule has 23 heavy (non-hydrogen) atoms. The first-order chi connectivity index (χ1) is 10.6. The maximum Gasteiger partial charge on any atom is 0.191 e. The van der Waals surface area contributed by atoms with Crippen molar-refractivity contribution in [3.63, 3.8) is 0 Å². The Bertz CT molecular complexity index is 636. The van der Waals surface area contributed by atoms with Crippen LogP contribution in [0.5, 0.6) is 0 Å². The highest BCUT2D eigenvalue weighted by atomic mass is 127. The van der Waals surface area contributed by atoms with Crippen LogP contribution in [0.1, 0.15) is 26.3 Å². The van der Waals surface area contributed by atoms with Gasteiger partial charge >= 0.3 is 0 Å². The lowest BCUT2D eigenvalue weighted by atomic mass is 10.3. The summed E-state index contributed by atoms with van der Waals surface area (Å²) < 4.78 is 0. The fraction of sp³-hybridized carbons (Fsp3) is 0.533. The minimum atomic E-state index is 0. The van der Waals surface area contributed by atoms with Gasteiger partial charge in [-0.15, -0.1) is 46.7 Å². The Morgan fingerprint density at radius 1 is 1.09 bits per heavy atom. The van der Waals surface area contributed by atoms with Gasteiger partial charge in [0, 0.05) is 43.2 Å². The van der Waals surface area contributed by atoms with Gasteiger partial charge in [-0.2, -0.15) is 0 Å². The van der Waals surface area contributed by atoms with E-state index in [1.54, 1.807) is 29.7 Å². The molecule has 0 fully saturated rings. The Hall–Kier alpha value is -0.740. The molecule has 0 radical (unpaired) electrons. The van der Waals surface area contributed by atoms with Crippen LogP contribution >= 0.6 is 46.7 Å². The van der Waals surface area contributed by atoms with Crippen molar-refractivity contribution >= 4 is 52.6 Å². The maximum absolute atomic E-state index is 4.46. The Balaban J connectivity index is 0.00000264. The van der Waals surface area contributed by atoms with Crippen LogP contribution in [0.25, 0.3) is 0 Å². The predicted octanol–water partition coefficient (Wildman–Crippen LogP) is 3.09. The van der Waals surface area contributed by atoms with Crippen molar-refractivity contribution in [2.45, 2.75) is 33.6 Å². The first-order valence-corrected chi connectivity index (χ1v) is 9.06. The molecular formula is C15H24IN5S2. The van der Waals surface area contributed by atoms with Gasteiger partial charge in [-0.3, -0.25) is 4.99 Å². The summed E-state index contributed by atoms with van der Waals surface area (Å²) >= 11 is 3.47. The smallest absolute Gasteiger partial charge is 0.191 e. The predicted molar refractivity (Wildman–Crippen MR) is 111 cm³/mol. The molecule has 0 saturated carbocycles. The molecule has 0 unspecified atom stereocenters. The number of hydrogen-bond donors (Lipinski definition) is 2. The largest absolute Gasteiger partial charge is 0.356 e. The number of aliphatic imine (C=N–C) groups is 1. The van der Waals surface area contributed by atoms with Crippen LogP contribution in [-0.4, -0.2) is 36.1 Å². The quantitative estimate of drug-likeness (QED) is 0.391. The van der Waals surface area contributed by atoms with Crippen LogP contribution in [0.2, 0.25) is 0 Å². The second-order valence-corrected chi connectivity index (χ2v) is 7.38. The van der Waals surface area contributed by atoms with E-state index in [2.05, 4.69) is 44.8 Å². The number of nitrogens with zero attached hydrogens (tertiary/aromatic N) is 3. The molecule has 0 saturated heterocycles. The molecule has 0 aromatic carbocycles. The first kappa shape index (κ1) is 20.3. The van der Waals surface area contributed by atoms with Gasteiger partial charge in [0.25, 0.3) is 0 Å². The Kier molecular flexibility index (Phi) is 9.00. The van der Waals surface area contributed by atoms with Gasteiger partial charge in [-0.25, -0.2) is 9.97 Å². The van der Waals surface area contributed by atoms with E-state index in [-0.39, 0.29) is 24.0 Å². The van der Waals surface area contributed by atoms with Gasteiger partial charge < -0.3 is 10.6 Å². The third-order valence-electron chi connectivity index (χ3n) is 3.21. The van der Waals surface area contributed by atoms with Crippen LogP contribution in [0.4, 0.5) is 0 Å². The van der Waals surface area contributed by atoms with Gasteiger partial charge in [-0.1, -0.05) is 0 Å². The lowest BCUT2D eigenvalue weighted by Crippen LogP contribution is -2.39. The van der Waals surface area contributed by atoms with E-state index < -0.39 is 0 Å². The monoisotopic (exact) mass is 465 g/mol. The number of hydrogen-bond acceptors (Lipinski definition) is 5.